The maximum Gasteiger partial charge on any atom is 0.252 e. The van der Waals surface area contributed by atoms with Gasteiger partial charge in [0, 0.05) is 9.61 Å². The van der Waals surface area contributed by atoms with Crippen molar-refractivity contribution in [3.05, 3.63) is 32.9 Å². The number of amides is 1. The molecule has 4 saturated carbocycles. The minimum atomic E-state index is 0.112. The van der Waals surface area contributed by atoms with Crippen molar-refractivity contribution in [3.63, 3.8) is 0 Å². The van der Waals surface area contributed by atoms with Gasteiger partial charge in [-0.05, 0) is 110 Å². The summed E-state index contributed by atoms with van der Waals surface area (Å²) >= 11 is 2.30. The van der Waals surface area contributed by atoms with Crippen LogP contribution in [-0.4, -0.2) is 11.9 Å². The predicted molar refractivity (Wildman–Crippen MR) is 101 cm³/mol. The van der Waals surface area contributed by atoms with Gasteiger partial charge in [0.25, 0.3) is 5.91 Å². The van der Waals surface area contributed by atoms with Crippen molar-refractivity contribution in [2.75, 3.05) is 0 Å². The van der Waals surface area contributed by atoms with Crippen LogP contribution >= 0.6 is 22.6 Å². The van der Waals surface area contributed by atoms with E-state index in [0.717, 1.165) is 26.9 Å². The van der Waals surface area contributed by atoms with Crippen LogP contribution in [0.15, 0.2) is 18.2 Å². The number of hydrogen-bond acceptors (Lipinski definition) is 1. The molecule has 1 unspecified atom stereocenters. The normalized spacial score (nSPS) is 36.0. The molecule has 1 aromatic carbocycles. The highest BCUT2D eigenvalue weighted by Crippen LogP contribution is 2.61. The number of aryl methyl sites for hydroxylation is 1. The minimum absolute atomic E-state index is 0.112. The van der Waals surface area contributed by atoms with E-state index in [1.165, 1.54) is 44.1 Å². The van der Waals surface area contributed by atoms with Gasteiger partial charge in [0.1, 0.15) is 0 Å². The standard InChI is InChI=1S/C20H26INO/c1-12-4-3-5-17(18(12)21)19(23)22-13(2)20-9-14-6-15(10-20)8-16(7-14)11-20/h3-5,13-16H,6-11H2,1-2H3,(H,22,23). The molecule has 1 amide bonds. The van der Waals surface area contributed by atoms with Crippen LogP contribution in [0.4, 0.5) is 0 Å². The first kappa shape index (κ1) is 15.9. The molecule has 0 radical (unpaired) electrons. The molecule has 23 heavy (non-hydrogen) atoms. The van der Waals surface area contributed by atoms with Crippen LogP contribution in [-0.2, 0) is 0 Å². The molecule has 0 aliphatic heterocycles. The van der Waals surface area contributed by atoms with Gasteiger partial charge in [0.2, 0.25) is 0 Å². The fourth-order valence-corrected chi connectivity index (χ4v) is 6.56. The summed E-state index contributed by atoms with van der Waals surface area (Å²) in [6, 6.07) is 6.30. The lowest BCUT2D eigenvalue weighted by atomic mass is 9.48. The molecule has 4 bridgehead atoms. The summed E-state index contributed by atoms with van der Waals surface area (Å²) in [7, 11) is 0. The molecule has 5 rings (SSSR count). The first-order chi connectivity index (χ1) is 11.0. The highest BCUT2D eigenvalue weighted by molar-refractivity contribution is 14.1. The van der Waals surface area contributed by atoms with Gasteiger partial charge in [-0.25, -0.2) is 0 Å². The van der Waals surface area contributed by atoms with E-state index in [-0.39, 0.29) is 5.91 Å². The minimum Gasteiger partial charge on any atom is -0.349 e. The van der Waals surface area contributed by atoms with Crippen LogP contribution in [0, 0.1) is 33.7 Å². The topological polar surface area (TPSA) is 29.1 Å². The summed E-state index contributed by atoms with van der Waals surface area (Å²) in [5, 5.41) is 3.38. The van der Waals surface area contributed by atoms with Crippen LogP contribution in [0.1, 0.15) is 61.4 Å². The third-order valence-corrected chi connectivity index (χ3v) is 8.22. The van der Waals surface area contributed by atoms with E-state index in [1.54, 1.807) is 0 Å². The average Bonchev–Trinajstić information content (AvgIpc) is 2.48. The second-order valence-electron chi connectivity index (χ2n) is 8.41. The molecular weight excluding hydrogens is 397 g/mol. The molecule has 0 spiro atoms. The van der Waals surface area contributed by atoms with Crippen LogP contribution in [0.3, 0.4) is 0 Å². The Balaban J connectivity index is 1.53. The van der Waals surface area contributed by atoms with E-state index in [4.69, 9.17) is 0 Å². The monoisotopic (exact) mass is 423 g/mol. The number of benzene rings is 1. The smallest absolute Gasteiger partial charge is 0.252 e. The highest BCUT2D eigenvalue weighted by atomic mass is 127. The number of halogens is 1. The van der Waals surface area contributed by atoms with E-state index < -0.39 is 0 Å². The zero-order valence-corrected chi connectivity index (χ0v) is 16.2. The van der Waals surface area contributed by atoms with Gasteiger partial charge < -0.3 is 5.32 Å². The van der Waals surface area contributed by atoms with Crippen molar-refractivity contribution >= 4 is 28.5 Å². The van der Waals surface area contributed by atoms with Gasteiger partial charge in [0.05, 0.1) is 5.56 Å². The number of nitrogens with one attached hydrogen (secondary N) is 1. The summed E-state index contributed by atoms with van der Waals surface area (Å²) in [6.45, 7) is 4.33. The quantitative estimate of drug-likeness (QED) is 0.686. The zero-order chi connectivity index (χ0) is 16.2. The van der Waals surface area contributed by atoms with Crippen molar-refractivity contribution in [3.8, 4) is 0 Å². The number of carbonyl (C=O) groups excluding carboxylic acids is 1. The first-order valence-corrected chi connectivity index (χ1v) is 10.1. The van der Waals surface area contributed by atoms with Crippen LogP contribution in [0.5, 0.6) is 0 Å². The second kappa shape index (κ2) is 5.75. The second-order valence-corrected chi connectivity index (χ2v) is 9.49. The van der Waals surface area contributed by atoms with E-state index in [2.05, 4.69) is 47.8 Å². The van der Waals surface area contributed by atoms with Gasteiger partial charge in [-0.2, -0.15) is 0 Å². The fraction of sp³-hybridized carbons (Fsp3) is 0.650. The Bertz CT molecular complexity index is 603. The Labute approximate surface area is 152 Å². The Hall–Kier alpha value is -0.580. The molecule has 3 heteroatoms. The van der Waals surface area contributed by atoms with Crippen molar-refractivity contribution in [1.29, 1.82) is 0 Å². The molecule has 1 N–H and O–H groups in total. The molecule has 124 valence electrons. The fourth-order valence-electron chi connectivity index (χ4n) is 5.96. The third-order valence-electron chi connectivity index (χ3n) is 6.79. The lowest BCUT2D eigenvalue weighted by molar-refractivity contribution is -0.0688. The lowest BCUT2D eigenvalue weighted by Gasteiger charge is -2.59. The molecule has 1 atom stereocenters. The summed E-state index contributed by atoms with van der Waals surface area (Å²) in [5.74, 6) is 2.90. The summed E-state index contributed by atoms with van der Waals surface area (Å²) in [4.78, 5) is 12.8. The molecule has 4 fully saturated rings. The molecule has 4 aliphatic rings. The molecule has 0 saturated heterocycles. The van der Waals surface area contributed by atoms with Crippen molar-refractivity contribution in [1.82, 2.24) is 5.32 Å². The summed E-state index contributed by atoms with van der Waals surface area (Å²) in [5.41, 5.74) is 2.39. The van der Waals surface area contributed by atoms with E-state index >= 15 is 0 Å². The molecular formula is C20H26INO. The molecule has 1 aromatic rings. The van der Waals surface area contributed by atoms with E-state index in [1.807, 2.05) is 12.1 Å². The maximum atomic E-state index is 12.8. The first-order valence-electron chi connectivity index (χ1n) is 9.03. The third kappa shape index (κ3) is 2.73. The van der Waals surface area contributed by atoms with Gasteiger partial charge in [0.15, 0.2) is 0 Å². The summed E-state index contributed by atoms with van der Waals surface area (Å²) in [6.07, 6.45) is 8.38. The number of carbonyl (C=O) groups is 1. The largest absolute Gasteiger partial charge is 0.349 e. The van der Waals surface area contributed by atoms with Crippen molar-refractivity contribution in [2.45, 2.75) is 58.4 Å². The van der Waals surface area contributed by atoms with Crippen LogP contribution in [0.25, 0.3) is 0 Å². The van der Waals surface area contributed by atoms with Crippen LogP contribution in [0.2, 0.25) is 0 Å². The highest BCUT2D eigenvalue weighted by Gasteiger charge is 2.53. The Morgan fingerprint density at radius 1 is 1.17 bits per heavy atom. The van der Waals surface area contributed by atoms with Gasteiger partial charge >= 0.3 is 0 Å². The Morgan fingerprint density at radius 3 is 2.30 bits per heavy atom. The van der Waals surface area contributed by atoms with Gasteiger partial charge in [-0.3, -0.25) is 4.79 Å². The van der Waals surface area contributed by atoms with Gasteiger partial charge in [-0.1, -0.05) is 12.1 Å². The van der Waals surface area contributed by atoms with Crippen molar-refractivity contribution < 1.29 is 4.79 Å². The average molecular weight is 423 g/mol. The predicted octanol–water partition coefficient (Wildman–Crippen LogP) is 4.93. The Morgan fingerprint density at radius 2 is 1.74 bits per heavy atom. The molecule has 2 nitrogen and oxygen atoms in total. The number of hydrogen-bond donors (Lipinski definition) is 1. The SMILES string of the molecule is Cc1cccc(C(=O)NC(C)C23CC4CC(CC(C4)C2)C3)c1I. The number of rotatable bonds is 3. The maximum absolute atomic E-state index is 12.8. The van der Waals surface area contributed by atoms with E-state index in [0.29, 0.717) is 11.5 Å². The molecule has 4 aliphatic carbocycles. The lowest BCUT2D eigenvalue weighted by Crippen LogP contribution is -2.55. The van der Waals surface area contributed by atoms with Crippen molar-refractivity contribution in [2.24, 2.45) is 23.2 Å². The van der Waals surface area contributed by atoms with E-state index in [9.17, 15) is 4.79 Å². The molecule has 0 aromatic heterocycles. The van der Waals surface area contributed by atoms with Gasteiger partial charge in [-0.15, -0.1) is 0 Å². The Kier molecular flexibility index (Phi) is 3.98. The van der Waals surface area contributed by atoms with Crippen LogP contribution < -0.4 is 5.32 Å². The molecule has 0 heterocycles. The zero-order valence-electron chi connectivity index (χ0n) is 14.1. The summed E-state index contributed by atoms with van der Waals surface area (Å²) < 4.78 is 1.08.